The van der Waals surface area contributed by atoms with Gasteiger partial charge in [0.25, 0.3) is 11.6 Å². The second-order valence-electron chi connectivity index (χ2n) is 9.19. The van der Waals surface area contributed by atoms with Crippen molar-refractivity contribution in [1.82, 2.24) is 15.3 Å². The molecule has 192 valence electrons. The van der Waals surface area contributed by atoms with E-state index in [4.69, 9.17) is 10.2 Å². The van der Waals surface area contributed by atoms with E-state index in [1.165, 1.54) is 30.5 Å². The highest BCUT2D eigenvalue weighted by molar-refractivity contribution is 6.00. The number of carbonyl (C=O) groups excluding carboxylic acids is 2. The number of nitrogens with zero attached hydrogens (tertiary/aromatic N) is 2. The maximum Gasteiger partial charge on any atom is 0.273 e. The first-order valence-electron chi connectivity index (χ1n) is 11.8. The SMILES string of the molecule is CC(C)CC(NC(=O)c1coc(C(N)Cc2c[nH]c3ccccc23)n1)C(=O)Nc1ccc([N+](=O)[O-])cc1. The molecule has 2 heterocycles. The topological polar surface area (TPSA) is 169 Å². The van der Waals surface area contributed by atoms with E-state index in [0.717, 1.165) is 16.5 Å². The fourth-order valence-electron chi connectivity index (χ4n) is 4.02. The summed E-state index contributed by atoms with van der Waals surface area (Å²) in [5.74, 6) is -0.703. The fraction of sp³-hybridized carbons (Fsp3) is 0.269. The zero-order valence-corrected chi connectivity index (χ0v) is 20.4. The average Bonchev–Trinajstić information content (AvgIpc) is 3.52. The first-order chi connectivity index (χ1) is 17.7. The van der Waals surface area contributed by atoms with Gasteiger partial charge in [-0.1, -0.05) is 32.0 Å². The van der Waals surface area contributed by atoms with Gasteiger partial charge in [0, 0.05) is 34.9 Å². The van der Waals surface area contributed by atoms with Gasteiger partial charge in [0.05, 0.1) is 11.0 Å². The molecule has 0 fully saturated rings. The van der Waals surface area contributed by atoms with Gasteiger partial charge in [-0.05, 0) is 42.5 Å². The van der Waals surface area contributed by atoms with E-state index in [0.29, 0.717) is 18.5 Å². The zero-order valence-electron chi connectivity index (χ0n) is 20.4. The van der Waals surface area contributed by atoms with Crippen molar-refractivity contribution in [3.8, 4) is 0 Å². The van der Waals surface area contributed by atoms with E-state index < -0.39 is 28.8 Å². The summed E-state index contributed by atoms with van der Waals surface area (Å²) < 4.78 is 5.49. The Kier molecular flexibility index (Phi) is 7.63. The maximum atomic E-state index is 12.9. The Hall–Kier alpha value is -4.51. The van der Waals surface area contributed by atoms with Crippen LogP contribution in [0.15, 0.2) is 65.4 Å². The van der Waals surface area contributed by atoms with Crippen LogP contribution in [0.4, 0.5) is 11.4 Å². The molecule has 37 heavy (non-hydrogen) atoms. The number of H-pyrrole nitrogens is 1. The highest BCUT2D eigenvalue weighted by atomic mass is 16.6. The number of aromatic amines is 1. The molecule has 2 unspecified atom stereocenters. The first-order valence-corrected chi connectivity index (χ1v) is 11.8. The van der Waals surface area contributed by atoms with Crippen LogP contribution in [0, 0.1) is 16.0 Å². The van der Waals surface area contributed by atoms with Crippen LogP contribution in [0.25, 0.3) is 10.9 Å². The number of oxazole rings is 1. The lowest BCUT2D eigenvalue weighted by Crippen LogP contribution is -2.44. The number of non-ortho nitro benzene ring substituents is 1. The molecule has 2 amide bonds. The molecule has 0 saturated carbocycles. The van der Waals surface area contributed by atoms with Crippen LogP contribution in [-0.4, -0.2) is 32.7 Å². The summed E-state index contributed by atoms with van der Waals surface area (Å²) in [7, 11) is 0. The van der Waals surface area contributed by atoms with Crippen molar-refractivity contribution in [3.05, 3.63) is 88.3 Å². The van der Waals surface area contributed by atoms with Crippen molar-refractivity contribution < 1.29 is 18.9 Å². The minimum atomic E-state index is -0.859. The number of anilines is 1. The Morgan fingerprint density at radius 1 is 1.16 bits per heavy atom. The Balaban J connectivity index is 1.41. The van der Waals surface area contributed by atoms with Crippen molar-refractivity contribution in [3.63, 3.8) is 0 Å². The summed E-state index contributed by atoms with van der Waals surface area (Å²) in [5, 5.41) is 17.3. The van der Waals surface area contributed by atoms with Gasteiger partial charge in [0.2, 0.25) is 11.8 Å². The molecule has 2 aromatic heterocycles. The summed E-state index contributed by atoms with van der Waals surface area (Å²) in [6.45, 7) is 3.85. The third-order valence-corrected chi connectivity index (χ3v) is 5.86. The fourth-order valence-corrected chi connectivity index (χ4v) is 4.02. The molecular weight excluding hydrogens is 476 g/mol. The van der Waals surface area contributed by atoms with Gasteiger partial charge in [-0.2, -0.15) is 0 Å². The first kappa shape index (κ1) is 25.6. The molecule has 0 saturated heterocycles. The molecule has 0 aliphatic carbocycles. The molecule has 2 aromatic carbocycles. The predicted octanol–water partition coefficient (Wildman–Crippen LogP) is 4.09. The number of rotatable bonds is 10. The van der Waals surface area contributed by atoms with E-state index in [1.807, 2.05) is 44.3 Å². The molecule has 4 aromatic rings. The Labute approximate surface area is 212 Å². The van der Waals surface area contributed by atoms with Gasteiger partial charge in [-0.25, -0.2) is 4.98 Å². The minimum absolute atomic E-state index is 0.0151. The number of hydrogen-bond donors (Lipinski definition) is 4. The van der Waals surface area contributed by atoms with E-state index in [-0.39, 0.29) is 23.2 Å². The molecule has 0 radical (unpaired) electrons. The van der Waals surface area contributed by atoms with Crippen molar-refractivity contribution >= 4 is 34.1 Å². The highest BCUT2D eigenvalue weighted by Gasteiger charge is 2.25. The normalized spacial score (nSPS) is 12.9. The monoisotopic (exact) mass is 504 g/mol. The second-order valence-corrected chi connectivity index (χ2v) is 9.19. The molecule has 11 nitrogen and oxygen atoms in total. The zero-order chi connectivity index (χ0) is 26.5. The number of carbonyl (C=O) groups is 2. The van der Waals surface area contributed by atoms with Gasteiger partial charge in [0.15, 0.2) is 5.69 Å². The number of amides is 2. The number of hydrogen-bond acceptors (Lipinski definition) is 7. The van der Waals surface area contributed by atoms with Crippen LogP contribution in [-0.2, 0) is 11.2 Å². The molecule has 4 rings (SSSR count). The lowest BCUT2D eigenvalue weighted by atomic mass is 10.0. The largest absolute Gasteiger partial charge is 0.446 e. The van der Waals surface area contributed by atoms with Crippen molar-refractivity contribution in [1.29, 1.82) is 0 Å². The van der Waals surface area contributed by atoms with Crippen LogP contribution in [0.2, 0.25) is 0 Å². The molecular formula is C26H28N6O5. The number of aromatic nitrogens is 2. The van der Waals surface area contributed by atoms with E-state index in [9.17, 15) is 19.7 Å². The average molecular weight is 505 g/mol. The standard InChI is InChI=1S/C26H28N6O5/c1-15(2)11-22(24(33)29-17-7-9-18(10-8-17)32(35)36)30-25(34)23-14-37-26(31-23)20(27)12-16-13-28-21-6-4-3-5-19(16)21/h3-10,13-15,20,22,28H,11-12,27H2,1-2H3,(H,29,33)(H,30,34). The van der Waals surface area contributed by atoms with Gasteiger partial charge in [0.1, 0.15) is 12.3 Å². The lowest BCUT2D eigenvalue weighted by Gasteiger charge is -2.19. The quantitative estimate of drug-likeness (QED) is 0.186. The van der Waals surface area contributed by atoms with Crippen LogP contribution < -0.4 is 16.4 Å². The number of nitrogens with one attached hydrogen (secondary N) is 3. The van der Waals surface area contributed by atoms with E-state index in [1.54, 1.807) is 0 Å². The van der Waals surface area contributed by atoms with Gasteiger partial charge >= 0.3 is 0 Å². The van der Waals surface area contributed by atoms with E-state index >= 15 is 0 Å². The molecule has 2 atom stereocenters. The van der Waals surface area contributed by atoms with Gasteiger partial charge < -0.3 is 25.8 Å². The van der Waals surface area contributed by atoms with Crippen LogP contribution in [0.1, 0.15) is 48.3 Å². The Morgan fingerprint density at radius 2 is 1.89 bits per heavy atom. The summed E-state index contributed by atoms with van der Waals surface area (Å²) in [4.78, 5) is 43.6. The Bertz CT molecular complexity index is 1410. The third-order valence-electron chi connectivity index (χ3n) is 5.86. The number of nitro groups is 1. The van der Waals surface area contributed by atoms with Crippen molar-refractivity contribution in [2.75, 3.05) is 5.32 Å². The predicted molar refractivity (Wildman–Crippen MR) is 138 cm³/mol. The summed E-state index contributed by atoms with van der Waals surface area (Å²) >= 11 is 0. The summed E-state index contributed by atoms with van der Waals surface area (Å²) in [6, 6.07) is 11.9. The van der Waals surface area contributed by atoms with Crippen LogP contribution >= 0.6 is 0 Å². The molecule has 0 bridgehead atoms. The van der Waals surface area contributed by atoms with E-state index in [2.05, 4.69) is 20.6 Å². The smallest absolute Gasteiger partial charge is 0.273 e. The van der Waals surface area contributed by atoms with Crippen molar-refractivity contribution in [2.45, 2.75) is 38.8 Å². The van der Waals surface area contributed by atoms with Crippen LogP contribution in [0.3, 0.4) is 0 Å². The third kappa shape index (κ3) is 6.19. The highest BCUT2D eigenvalue weighted by Crippen LogP contribution is 2.23. The summed E-state index contributed by atoms with van der Waals surface area (Å²) in [5.41, 5.74) is 8.63. The molecule has 0 spiro atoms. The lowest BCUT2D eigenvalue weighted by molar-refractivity contribution is -0.384. The van der Waals surface area contributed by atoms with Crippen LogP contribution in [0.5, 0.6) is 0 Å². The minimum Gasteiger partial charge on any atom is -0.446 e. The van der Waals surface area contributed by atoms with Gasteiger partial charge in [-0.15, -0.1) is 0 Å². The van der Waals surface area contributed by atoms with Crippen molar-refractivity contribution in [2.24, 2.45) is 11.7 Å². The number of nitro benzene ring substituents is 1. The Morgan fingerprint density at radius 3 is 2.59 bits per heavy atom. The maximum absolute atomic E-state index is 12.9. The number of fused-ring (bicyclic) bond motifs is 1. The molecule has 11 heteroatoms. The number of para-hydroxylation sites is 1. The second kappa shape index (κ2) is 11.0. The molecule has 0 aliphatic rings. The molecule has 5 N–H and O–H groups in total. The van der Waals surface area contributed by atoms with Gasteiger partial charge in [-0.3, -0.25) is 19.7 Å². The molecule has 0 aliphatic heterocycles. The summed E-state index contributed by atoms with van der Waals surface area (Å²) in [6.07, 6.45) is 3.94. The number of benzene rings is 2. The number of nitrogens with two attached hydrogens (primary N) is 1.